The van der Waals surface area contributed by atoms with Gasteiger partial charge in [0.1, 0.15) is 6.04 Å². The van der Waals surface area contributed by atoms with E-state index in [-0.39, 0.29) is 11.8 Å². The van der Waals surface area contributed by atoms with E-state index in [2.05, 4.69) is 27.7 Å². The molecular formula is C18H23N3O3. The molecule has 2 aliphatic heterocycles. The van der Waals surface area contributed by atoms with Crippen LogP contribution < -0.4 is 15.5 Å². The van der Waals surface area contributed by atoms with Crippen molar-refractivity contribution in [2.75, 3.05) is 37.7 Å². The molecule has 0 bridgehead atoms. The number of hydrogen-bond acceptors (Lipinski definition) is 4. The van der Waals surface area contributed by atoms with Crippen molar-refractivity contribution in [2.45, 2.75) is 18.9 Å². The highest BCUT2D eigenvalue weighted by Crippen LogP contribution is 2.17. The molecule has 24 heavy (non-hydrogen) atoms. The van der Waals surface area contributed by atoms with Gasteiger partial charge in [-0.2, -0.15) is 0 Å². The van der Waals surface area contributed by atoms with Crippen LogP contribution in [0.1, 0.15) is 18.4 Å². The van der Waals surface area contributed by atoms with Crippen LogP contribution in [0.25, 0.3) is 6.08 Å². The van der Waals surface area contributed by atoms with Gasteiger partial charge in [0, 0.05) is 31.4 Å². The number of ether oxygens (including phenoxy) is 1. The molecule has 6 nitrogen and oxygen atoms in total. The number of anilines is 1. The van der Waals surface area contributed by atoms with Crippen molar-refractivity contribution in [2.24, 2.45) is 0 Å². The van der Waals surface area contributed by atoms with E-state index in [0.29, 0.717) is 13.0 Å². The highest BCUT2D eigenvalue weighted by molar-refractivity contribution is 5.95. The Morgan fingerprint density at radius 2 is 2.00 bits per heavy atom. The second kappa shape index (κ2) is 7.97. The first kappa shape index (κ1) is 16.5. The summed E-state index contributed by atoms with van der Waals surface area (Å²) in [7, 11) is 0. The molecule has 6 heteroatoms. The van der Waals surface area contributed by atoms with Crippen LogP contribution in [-0.2, 0) is 14.3 Å². The average Bonchev–Trinajstić information content (AvgIpc) is 2.63. The maximum Gasteiger partial charge on any atom is 0.244 e. The van der Waals surface area contributed by atoms with E-state index in [1.807, 2.05) is 12.1 Å². The Kier molecular flexibility index (Phi) is 5.48. The normalized spacial score (nSPS) is 21.6. The SMILES string of the molecule is O=C(C=Cc1ccc(N2CCOCC2)cc1)NC1CCCNC1=O. The first-order chi connectivity index (χ1) is 11.7. The van der Waals surface area contributed by atoms with E-state index in [1.165, 1.54) is 11.8 Å². The zero-order chi connectivity index (χ0) is 16.8. The molecule has 0 aliphatic carbocycles. The maximum atomic E-state index is 11.9. The molecule has 1 unspecified atom stereocenters. The minimum Gasteiger partial charge on any atom is -0.378 e. The molecule has 128 valence electrons. The quantitative estimate of drug-likeness (QED) is 0.806. The van der Waals surface area contributed by atoms with Gasteiger partial charge in [0.05, 0.1) is 13.2 Å². The van der Waals surface area contributed by atoms with Crippen LogP contribution in [0.3, 0.4) is 0 Å². The summed E-state index contributed by atoms with van der Waals surface area (Å²) in [6, 6.07) is 7.67. The lowest BCUT2D eigenvalue weighted by Crippen LogP contribution is -2.49. The Labute approximate surface area is 141 Å². The molecule has 1 aromatic carbocycles. The number of nitrogens with one attached hydrogen (secondary N) is 2. The molecule has 0 saturated carbocycles. The second-order valence-corrected chi connectivity index (χ2v) is 6.02. The third kappa shape index (κ3) is 4.35. The molecule has 2 aliphatic rings. The highest BCUT2D eigenvalue weighted by Gasteiger charge is 2.22. The summed E-state index contributed by atoms with van der Waals surface area (Å²) in [5.41, 5.74) is 2.12. The van der Waals surface area contributed by atoms with E-state index < -0.39 is 6.04 Å². The van der Waals surface area contributed by atoms with E-state index in [0.717, 1.165) is 38.3 Å². The Morgan fingerprint density at radius 3 is 2.71 bits per heavy atom. The number of benzene rings is 1. The van der Waals surface area contributed by atoms with Crippen molar-refractivity contribution in [3.05, 3.63) is 35.9 Å². The van der Waals surface area contributed by atoms with Gasteiger partial charge in [0.25, 0.3) is 0 Å². The van der Waals surface area contributed by atoms with Gasteiger partial charge in [-0.1, -0.05) is 12.1 Å². The number of rotatable bonds is 4. The lowest BCUT2D eigenvalue weighted by molar-refractivity contribution is -0.128. The first-order valence-electron chi connectivity index (χ1n) is 8.41. The molecule has 2 N–H and O–H groups in total. The summed E-state index contributed by atoms with van der Waals surface area (Å²) < 4.78 is 5.35. The van der Waals surface area contributed by atoms with Crippen LogP contribution in [0.2, 0.25) is 0 Å². The fraction of sp³-hybridized carbons (Fsp3) is 0.444. The summed E-state index contributed by atoms with van der Waals surface area (Å²) in [6.07, 6.45) is 4.83. The molecule has 0 spiro atoms. The summed E-state index contributed by atoms with van der Waals surface area (Å²) >= 11 is 0. The van der Waals surface area contributed by atoms with Crippen molar-refractivity contribution in [1.82, 2.24) is 10.6 Å². The van der Waals surface area contributed by atoms with E-state index in [4.69, 9.17) is 4.74 Å². The van der Waals surface area contributed by atoms with Gasteiger partial charge in [0.2, 0.25) is 11.8 Å². The average molecular weight is 329 g/mol. The number of hydrogen-bond donors (Lipinski definition) is 2. The van der Waals surface area contributed by atoms with E-state index in [1.54, 1.807) is 6.08 Å². The monoisotopic (exact) mass is 329 g/mol. The summed E-state index contributed by atoms with van der Waals surface area (Å²) in [4.78, 5) is 25.9. The fourth-order valence-corrected chi connectivity index (χ4v) is 2.92. The van der Waals surface area contributed by atoms with Crippen molar-refractivity contribution >= 4 is 23.6 Å². The van der Waals surface area contributed by atoms with Gasteiger partial charge in [-0.25, -0.2) is 0 Å². The zero-order valence-corrected chi connectivity index (χ0v) is 13.7. The van der Waals surface area contributed by atoms with Crippen LogP contribution in [0.15, 0.2) is 30.3 Å². The molecule has 0 aromatic heterocycles. The molecule has 3 rings (SSSR count). The van der Waals surface area contributed by atoms with Crippen molar-refractivity contribution < 1.29 is 14.3 Å². The summed E-state index contributed by atoms with van der Waals surface area (Å²) in [5.74, 6) is -0.341. The predicted octanol–water partition coefficient (Wildman–Crippen LogP) is 0.931. The molecule has 1 atom stereocenters. The van der Waals surface area contributed by atoms with Crippen LogP contribution in [0.4, 0.5) is 5.69 Å². The molecule has 2 amide bonds. The first-order valence-corrected chi connectivity index (χ1v) is 8.41. The largest absolute Gasteiger partial charge is 0.378 e. The highest BCUT2D eigenvalue weighted by atomic mass is 16.5. The van der Waals surface area contributed by atoms with Gasteiger partial charge in [-0.15, -0.1) is 0 Å². The zero-order valence-electron chi connectivity index (χ0n) is 13.7. The summed E-state index contributed by atoms with van der Waals surface area (Å²) in [6.45, 7) is 4.02. The van der Waals surface area contributed by atoms with Crippen molar-refractivity contribution in [1.29, 1.82) is 0 Å². The fourth-order valence-electron chi connectivity index (χ4n) is 2.92. The Balaban J connectivity index is 1.53. The number of carbonyl (C=O) groups excluding carboxylic acids is 2. The molecule has 2 saturated heterocycles. The van der Waals surface area contributed by atoms with Gasteiger partial charge >= 0.3 is 0 Å². The minimum absolute atomic E-state index is 0.0992. The molecule has 2 fully saturated rings. The Morgan fingerprint density at radius 1 is 1.25 bits per heavy atom. The third-order valence-corrected chi connectivity index (χ3v) is 4.30. The molecule has 2 heterocycles. The third-order valence-electron chi connectivity index (χ3n) is 4.30. The van der Waals surface area contributed by atoms with E-state index >= 15 is 0 Å². The number of amides is 2. The Bertz CT molecular complexity index is 606. The van der Waals surface area contributed by atoms with Crippen molar-refractivity contribution in [3.8, 4) is 0 Å². The number of carbonyl (C=O) groups is 2. The topological polar surface area (TPSA) is 70.7 Å². The minimum atomic E-state index is -0.417. The smallest absolute Gasteiger partial charge is 0.244 e. The number of nitrogens with zero attached hydrogens (tertiary/aromatic N) is 1. The maximum absolute atomic E-state index is 11.9. The van der Waals surface area contributed by atoms with Crippen LogP contribution >= 0.6 is 0 Å². The lowest BCUT2D eigenvalue weighted by Gasteiger charge is -2.28. The number of morpholine rings is 1. The predicted molar refractivity (Wildman–Crippen MR) is 92.7 cm³/mol. The second-order valence-electron chi connectivity index (χ2n) is 6.02. The van der Waals surface area contributed by atoms with Gasteiger partial charge in [-0.3, -0.25) is 9.59 Å². The number of piperidine rings is 1. The molecular weight excluding hydrogens is 306 g/mol. The van der Waals surface area contributed by atoms with Gasteiger partial charge < -0.3 is 20.3 Å². The molecule has 1 aromatic rings. The van der Waals surface area contributed by atoms with Crippen LogP contribution in [0, 0.1) is 0 Å². The Hall–Kier alpha value is -2.34. The molecule has 0 radical (unpaired) electrons. The van der Waals surface area contributed by atoms with Gasteiger partial charge in [-0.05, 0) is 36.6 Å². The van der Waals surface area contributed by atoms with Crippen molar-refractivity contribution in [3.63, 3.8) is 0 Å². The standard InChI is InChI=1S/C18H23N3O3/c22-17(20-16-2-1-9-19-18(16)23)8-5-14-3-6-15(7-4-14)21-10-12-24-13-11-21/h3-8,16H,1-2,9-13H2,(H,19,23)(H,20,22). The van der Waals surface area contributed by atoms with E-state index in [9.17, 15) is 9.59 Å². The van der Waals surface area contributed by atoms with Crippen LogP contribution in [0.5, 0.6) is 0 Å². The van der Waals surface area contributed by atoms with Gasteiger partial charge in [0.15, 0.2) is 0 Å². The van der Waals surface area contributed by atoms with Crippen LogP contribution in [-0.4, -0.2) is 50.7 Å². The lowest BCUT2D eigenvalue weighted by atomic mass is 10.1. The summed E-state index contributed by atoms with van der Waals surface area (Å²) in [5, 5.41) is 5.50.